The van der Waals surface area contributed by atoms with E-state index in [0.29, 0.717) is 21.8 Å². The number of hydrogen-bond donors (Lipinski definition) is 1. The lowest BCUT2D eigenvalue weighted by atomic mass is 10.3. The summed E-state index contributed by atoms with van der Waals surface area (Å²) in [5.74, 6) is -0.581. The Bertz CT molecular complexity index is 1120. The number of anilines is 1. The molecule has 3 rings (SSSR count). The van der Waals surface area contributed by atoms with E-state index in [1.165, 1.54) is 25.4 Å². The summed E-state index contributed by atoms with van der Waals surface area (Å²) >= 11 is 1.23. The number of methoxy groups -OCH3 is 1. The molecule has 3 aromatic rings. The molecule has 2 aromatic carbocycles. The number of nitrogens with zero attached hydrogens (tertiary/aromatic N) is 2. The highest BCUT2D eigenvalue weighted by Gasteiger charge is 2.13. The van der Waals surface area contributed by atoms with Gasteiger partial charge in [-0.15, -0.1) is 0 Å². The van der Waals surface area contributed by atoms with Crippen LogP contribution in [0.5, 0.6) is 5.75 Å². The first-order chi connectivity index (χ1) is 14.0. The number of nitrogens with one attached hydrogen (secondary N) is 1. The first-order valence-corrected chi connectivity index (χ1v) is 9.51. The number of esters is 1. The minimum atomic E-state index is -0.485. The molecular formula is C20H19N3O5S. The third-order valence-corrected chi connectivity index (χ3v) is 4.89. The highest BCUT2D eigenvalue weighted by molar-refractivity contribution is 7.16. The van der Waals surface area contributed by atoms with Gasteiger partial charge in [-0.25, -0.2) is 0 Å². The molecule has 29 heavy (non-hydrogen) atoms. The molecule has 2 amide bonds. The Morgan fingerprint density at radius 2 is 1.90 bits per heavy atom. The van der Waals surface area contributed by atoms with Gasteiger partial charge in [0, 0.05) is 12.6 Å². The Hall–Kier alpha value is -3.46. The molecular weight excluding hydrogens is 394 g/mol. The average molecular weight is 413 g/mol. The minimum Gasteiger partial charge on any atom is -0.484 e. The highest BCUT2D eigenvalue weighted by Crippen LogP contribution is 2.22. The summed E-state index contributed by atoms with van der Waals surface area (Å²) in [4.78, 5) is 39.9. The van der Waals surface area contributed by atoms with Crippen molar-refractivity contribution in [2.45, 2.75) is 13.5 Å². The van der Waals surface area contributed by atoms with Crippen LogP contribution in [0, 0.1) is 0 Å². The van der Waals surface area contributed by atoms with E-state index < -0.39 is 11.9 Å². The number of ether oxygens (including phenoxy) is 2. The van der Waals surface area contributed by atoms with Crippen LogP contribution in [-0.4, -0.2) is 36.1 Å². The van der Waals surface area contributed by atoms with Crippen LogP contribution < -0.4 is 14.9 Å². The Morgan fingerprint density at radius 1 is 1.14 bits per heavy atom. The third kappa shape index (κ3) is 5.29. The second-order valence-electron chi connectivity index (χ2n) is 6.02. The second-order valence-corrected chi connectivity index (χ2v) is 7.03. The van der Waals surface area contributed by atoms with Gasteiger partial charge in [-0.3, -0.25) is 14.4 Å². The van der Waals surface area contributed by atoms with Crippen molar-refractivity contribution >= 4 is 45.0 Å². The molecule has 1 aromatic heterocycles. The lowest BCUT2D eigenvalue weighted by Crippen LogP contribution is -2.23. The summed E-state index contributed by atoms with van der Waals surface area (Å²) in [6.07, 6.45) is 0. The molecule has 1 heterocycles. The van der Waals surface area contributed by atoms with Crippen molar-refractivity contribution < 1.29 is 23.9 Å². The maximum Gasteiger partial charge on any atom is 0.325 e. The molecule has 0 radical (unpaired) electrons. The molecule has 0 aliphatic carbocycles. The molecule has 8 nitrogen and oxygen atoms in total. The molecule has 0 unspecified atom stereocenters. The van der Waals surface area contributed by atoms with Crippen molar-refractivity contribution in [3.05, 3.63) is 53.3 Å². The number of aromatic nitrogens is 1. The maximum absolute atomic E-state index is 12.3. The number of hydrogen-bond acceptors (Lipinski definition) is 6. The summed E-state index contributed by atoms with van der Waals surface area (Å²) in [6, 6.07) is 14.2. The van der Waals surface area contributed by atoms with Gasteiger partial charge in [0.15, 0.2) is 11.4 Å². The number of rotatable bonds is 6. The molecule has 0 saturated carbocycles. The van der Waals surface area contributed by atoms with Gasteiger partial charge in [-0.2, -0.15) is 4.99 Å². The number of para-hydroxylation sites is 1. The fourth-order valence-corrected chi connectivity index (χ4v) is 3.67. The maximum atomic E-state index is 12.3. The zero-order valence-electron chi connectivity index (χ0n) is 15.9. The van der Waals surface area contributed by atoms with Crippen LogP contribution >= 0.6 is 11.3 Å². The molecule has 0 spiro atoms. The quantitative estimate of drug-likeness (QED) is 0.626. The lowest BCUT2D eigenvalue weighted by Gasteiger charge is -2.05. The van der Waals surface area contributed by atoms with Gasteiger partial charge >= 0.3 is 5.97 Å². The standard InChI is InChI=1S/C20H19N3O5S/c1-13(24)21-14-8-9-16-17(10-14)29-20(23(16)11-19(26)27-2)22-18(25)12-28-15-6-4-3-5-7-15/h3-10H,11-12H2,1-2H3,(H,21,24). The number of benzene rings is 2. The number of fused-ring (bicyclic) bond motifs is 1. The normalized spacial score (nSPS) is 11.3. The van der Waals surface area contributed by atoms with E-state index in [1.54, 1.807) is 47.0 Å². The first-order valence-electron chi connectivity index (χ1n) is 8.69. The van der Waals surface area contributed by atoms with Crippen LogP contribution in [0.2, 0.25) is 0 Å². The molecule has 0 saturated heterocycles. The molecule has 150 valence electrons. The number of amides is 2. The van der Waals surface area contributed by atoms with Gasteiger partial charge in [0.25, 0.3) is 5.91 Å². The van der Waals surface area contributed by atoms with E-state index in [4.69, 9.17) is 9.47 Å². The van der Waals surface area contributed by atoms with Crippen LogP contribution in [-0.2, 0) is 25.7 Å². The molecule has 1 N–H and O–H groups in total. The number of carbonyl (C=O) groups is 3. The van der Waals surface area contributed by atoms with Crippen molar-refractivity contribution in [2.24, 2.45) is 4.99 Å². The first kappa shape index (κ1) is 20.3. The van der Waals surface area contributed by atoms with Crippen molar-refractivity contribution in [1.29, 1.82) is 0 Å². The van der Waals surface area contributed by atoms with Crippen molar-refractivity contribution in [3.8, 4) is 5.75 Å². The van der Waals surface area contributed by atoms with Gasteiger partial charge < -0.3 is 19.4 Å². The summed E-state index contributed by atoms with van der Waals surface area (Å²) in [7, 11) is 1.29. The monoisotopic (exact) mass is 413 g/mol. The second kappa shape index (κ2) is 9.16. The summed E-state index contributed by atoms with van der Waals surface area (Å²) in [6.45, 7) is 1.09. The van der Waals surface area contributed by atoms with Gasteiger partial charge in [0.1, 0.15) is 12.3 Å². The SMILES string of the molecule is COC(=O)Cn1c(=NC(=O)COc2ccccc2)sc2cc(NC(C)=O)ccc21. The van der Waals surface area contributed by atoms with E-state index in [0.717, 1.165) is 4.70 Å². The van der Waals surface area contributed by atoms with Gasteiger partial charge in [-0.1, -0.05) is 29.5 Å². The van der Waals surface area contributed by atoms with E-state index >= 15 is 0 Å². The predicted octanol–water partition coefficient (Wildman–Crippen LogP) is 2.34. The fraction of sp³-hybridized carbons (Fsp3) is 0.200. The van der Waals surface area contributed by atoms with Crippen LogP contribution in [0.25, 0.3) is 10.2 Å². The Morgan fingerprint density at radius 3 is 2.59 bits per heavy atom. The fourth-order valence-electron chi connectivity index (χ4n) is 2.59. The zero-order valence-corrected chi connectivity index (χ0v) is 16.7. The molecule has 9 heteroatoms. The van der Waals surface area contributed by atoms with Crippen LogP contribution in [0.4, 0.5) is 5.69 Å². The van der Waals surface area contributed by atoms with Crippen LogP contribution in [0.1, 0.15) is 6.92 Å². The Kier molecular flexibility index (Phi) is 6.40. The van der Waals surface area contributed by atoms with E-state index in [9.17, 15) is 14.4 Å². The Balaban J connectivity index is 1.93. The lowest BCUT2D eigenvalue weighted by molar-refractivity contribution is -0.141. The molecule has 0 aliphatic heterocycles. The minimum absolute atomic E-state index is 0.0956. The smallest absolute Gasteiger partial charge is 0.325 e. The number of thiazole rings is 1. The highest BCUT2D eigenvalue weighted by atomic mass is 32.1. The van der Waals surface area contributed by atoms with E-state index in [1.807, 2.05) is 6.07 Å². The molecule has 0 atom stereocenters. The topological polar surface area (TPSA) is 99.0 Å². The van der Waals surface area contributed by atoms with Gasteiger partial charge in [0.05, 0.1) is 17.3 Å². The summed E-state index contributed by atoms with van der Waals surface area (Å²) in [5.41, 5.74) is 1.31. The molecule has 0 aliphatic rings. The molecule has 0 bridgehead atoms. The van der Waals surface area contributed by atoms with Gasteiger partial charge in [0.2, 0.25) is 5.91 Å². The van der Waals surface area contributed by atoms with Crippen molar-refractivity contribution in [1.82, 2.24) is 4.57 Å². The Labute approximate surface area is 170 Å². The third-order valence-electron chi connectivity index (χ3n) is 3.84. The van der Waals surface area contributed by atoms with Crippen LogP contribution in [0.3, 0.4) is 0 Å². The van der Waals surface area contributed by atoms with E-state index in [2.05, 4.69) is 10.3 Å². The summed E-state index contributed by atoms with van der Waals surface area (Å²) < 4.78 is 12.5. The van der Waals surface area contributed by atoms with Gasteiger partial charge in [-0.05, 0) is 30.3 Å². The van der Waals surface area contributed by atoms with E-state index in [-0.39, 0.29) is 19.1 Å². The van der Waals surface area contributed by atoms with Crippen LogP contribution in [0.15, 0.2) is 53.5 Å². The number of carbonyl (C=O) groups excluding carboxylic acids is 3. The largest absolute Gasteiger partial charge is 0.484 e. The van der Waals surface area contributed by atoms with Crippen molar-refractivity contribution in [2.75, 3.05) is 19.0 Å². The zero-order chi connectivity index (χ0) is 20.8. The average Bonchev–Trinajstić information content (AvgIpc) is 3.02. The molecule has 0 fully saturated rings. The summed E-state index contributed by atoms with van der Waals surface area (Å²) in [5, 5.41) is 2.71. The van der Waals surface area contributed by atoms with Crippen molar-refractivity contribution in [3.63, 3.8) is 0 Å². The predicted molar refractivity (Wildman–Crippen MR) is 109 cm³/mol.